The number of nitrogen functional groups attached to an aromatic ring is 1. The fraction of sp³-hybridized carbons (Fsp3) is 0.400. The Labute approximate surface area is 72.0 Å². The molecule has 2 heteroatoms. The van der Waals surface area contributed by atoms with Gasteiger partial charge >= 0.3 is 0 Å². The molecule has 0 saturated heterocycles. The zero-order chi connectivity index (χ0) is 8.55. The second-order valence-corrected chi connectivity index (χ2v) is 3.44. The molecular weight excluding hydrogens is 150 g/mol. The van der Waals surface area contributed by atoms with E-state index >= 15 is 0 Å². The Morgan fingerprint density at radius 3 is 2.92 bits per heavy atom. The van der Waals surface area contributed by atoms with Gasteiger partial charge in [-0.3, -0.25) is 0 Å². The first-order chi connectivity index (χ1) is 5.81. The lowest BCUT2D eigenvalue weighted by molar-refractivity contribution is 0.232. The van der Waals surface area contributed by atoms with Gasteiger partial charge in [0.05, 0.1) is 0 Å². The van der Waals surface area contributed by atoms with Gasteiger partial charge < -0.3 is 10.8 Å². The summed E-state index contributed by atoms with van der Waals surface area (Å²) in [6.07, 6.45) is 1.93. The van der Waals surface area contributed by atoms with E-state index in [0.717, 1.165) is 18.5 Å². The van der Waals surface area contributed by atoms with Gasteiger partial charge in [-0.05, 0) is 36.0 Å². The van der Waals surface area contributed by atoms with E-state index in [9.17, 15) is 0 Å². The normalized spacial score (nSPS) is 20.9. The highest BCUT2D eigenvalue weighted by atomic mass is 16.3. The Kier molecular flexibility index (Phi) is 1.77. The molecule has 0 fully saturated rings. The van der Waals surface area contributed by atoms with Gasteiger partial charge in [-0.1, -0.05) is 12.1 Å². The highest BCUT2D eigenvalue weighted by Crippen LogP contribution is 2.30. The predicted octanol–water partition coefficient (Wildman–Crippen LogP) is 0.976. The molecule has 0 aromatic heterocycles. The number of rotatable bonds is 1. The zero-order valence-corrected chi connectivity index (χ0v) is 6.96. The molecule has 1 aromatic rings. The number of anilines is 1. The first-order valence-corrected chi connectivity index (χ1v) is 4.28. The third-order valence-electron chi connectivity index (χ3n) is 2.57. The van der Waals surface area contributed by atoms with Gasteiger partial charge in [0.25, 0.3) is 0 Å². The van der Waals surface area contributed by atoms with Crippen molar-refractivity contribution in [3.8, 4) is 0 Å². The van der Waals surface area contributed by atoms with Crippen molar-refractivity contribution in [3.63, 3.8) is 0 Å². The summed E-state index contributed by atoms with van der Waals surface area (Å²) in [5.41, 5.74) is 9.25. The first kappa shape index (κ1) is 7.62. The Morgan fingerprint density at radius 2 is 2.25 bits per heavy atom. The van der Waals surface area contributed by atoms with Crippen LogP contribution in [-0.4, -0.2) is 11.7 Å². The molecule has 3 N–H and O–H groups in total. The van der Waals surface area contributed by atoms with Gasteiger partial charge in [-0.2, -0.15) is 0 Å². The van der Waals surface area contributed by atoms with Crippen LogP contribution in [0.1, 0.15) is 11.1 Å². The number of aliphatic hydroxyl groups is 1. The van der Waals surface area contributed by atoms with Crippen molar-refractivity contribution in [2.24, 2.45) is 5.92 Å². The van der Waals surface area contributed by atoms with E-state index in [1.807, 2.05) is 12.1 Å². The van der Waals surface area contributed by atoms with Crippen molar-refractivity contribution in [2.45, 2.75) is 12.8 Å². The summed E-state index contributed by atoms with van der Waals surface area (Å²) in [6.45, 7) is 0.272. The summed E-state index contributed by atoms with van der Waals surface area (Å²) < 4.78 is 0. The number of nitrogens with two attached hydrogens (primary N) is 1. The van der Waals surface area contributed by atoms with Crippen LogP contribution in [0.5, 0.6) is 0 Å². The molecule has 0 spiro atoms. The van der Waals surface area contributed by atoms with E-state index in [4.69, 9.17) is 10.8 Å². The van der Waals surface area contributed by atoms with Crippen molar-refractivity contribution < 1.29 is 5.11 Å². The van der Waals surface area contributed by atoms with E-state index in [-0.39, 0.29) is 6.61 Å². The van der Waals surface area contributed by atoms with Gasteiger partial charge in [0.1, 0.15) is 0 Å². The average Bonchev–Trinajstić information content (AvgIpc) is 2.49. The molecule has 64 valence electrons. The second-order valence-electron chi connectivity index (χ2n) is 3.44. The van der Waals surface area contributed by atoms with Crippen LogP contribution in [0.3, 0.4) is 0 Å². The Hall–Kier alpha value is -1.02. The summed E-state index contributed by atoms with van der Waals surface area (Å²) in [4.78, 5) is 0. The van der Waals surface area contributed by atoms with Crippen LogP contribution in [0.2, 0.25) is 0 Å². The number of aliphatic hydroxyl groups excluding tert-OH is 1. The molecule has 2 rings (SSSR count). The number of hydrogen-bond donors (Lipinski definition) is 2. The Morgan fingerprint density at radius 1 is 1.42 bits per heavy atom. The first-order valence-electron chi connectivity index (χ1n) is 4.28. The van der Waals surface area contributed by atoms with Crippen molar-refractivity contribution >= 4 is 5.69 Å². The molecule has 1 unspecified atom stereocenters. The maximum Gasteiger partial charge on any atom is 0.0465 e. The average molecular weight is 163 g/mol. The van der Waals surface area contributed by atoms with Gasteiger partial charge in [0, 0.05) is 12.3 Å². The third-order valence-corrected chi connectivity index (χ3v) is 2.57. The molecule has 0 heterocycles. The van der Waals surface area contributed by atoms with Crippen molar-refractivity contribution in [1.29, 1.82) is 0 Å². The number of hydrogen-bond acceptors (Lipinski definition) is 2. The third kappa shape index (κ3) is 1.08. The lowest BCUT2D eigenvalue weighted by atomic mass is 10.1. The standard InChI is InChI=1S/C10H13NO/c11-10-3-1-2-8-4-7(6-12)5-9(8)10/h1-3,7,12H,4-6,11H2. The molecular formula is C10H13NO. The van der Waals surface area contributed by atoms with Crippen molar-refractivity contribution in [1.82, 2.24) is 0 Å². The highest BCUT2D eigenvalue weighted by molar-refractivity contribution is 5.53. The van der Waals surface area contributed by atoms with Crippen LogP contribution in [-0.2, 0) is 12.8 Å². The topological polar surface area (TPSA) is 46.2 Å². The Bertz CT molecular complexity index is 296. The summed E-state index contributed by atoms with van der Waals surface area (Å²) >= 11 is 0. The second kappa shape index (κ2) is 2.79. The fourth-order valence-corrected chi connectivity index (χ4v) is 1.90. The Balaban J connectivity index is 2.35. The van der Waals surface area contributed by atoms with Crippen LogP contribution in [0.25, 0.3) is 0 Å². The van der Waals surface area contributed by atoms with Crippen LogP contribution in [0, 0.1) is 5.92 Å². The van der Waals surface area contributed by atoms with E-state index in [2.05, 4.69) is 6.07 Å². The van der Waals surface area contributed by atoms with Crippen LogP contribution >= 0.6 is 0 Å². The summed E-state index contributed by atoms with van der Waals surface area (Å²) in [7, 11) is 0. The van der Waals surface area contributed by atoms with Gasteiger partial charge in [-0.15, -0.1) is 0 Å². The fourth-order valence-electron chi connectivity index (χ4n) is 1.90. The predicted molar refractivity (Wildman–Crippen MR) is 48.8 cm³/mol. The number of benzene rings is 1. The number of fused-ring (bicyclic) bond motifs is 1. The molecule has 1 aliphatic rings. The quantitative estimate of drug-likeness (QED) is 0.606. The van der Waals surface area contributed by atoms with Gasteiger partial charge in [-0.25, -0.2) is 0 Å². The monoisotopic (exact) mass is 163 g/mol. The maximum absolute atomic E-state index is 8.99. The molecule has 2 nitrogen and oxygen atoms in total. The minimum atomic E-state index is 0.272. The minimum Gasteiger partial charge on any atom is -0.398 e. The smallest absolute Gasteiger partial charge is 0.0465 e. The SMILES string of the molecule is Nc1cccc2c1CC(CO)C2. The van der Waals surface area contributed by atoms with E-state index in [0.29, 0.717) is 5.92 Å². The lowest BCUT2D eigenvalue weighted by Gasteiger charge is -2.02. The molecule has 0 aliphatic heterocycles. The van der Waals surface area contributed by atoms with Crippen molar-refractivity contribution in [3.05, 3.63) is 29.3 Å². The molecule has 0 saturated carbocycles. The van der Waals surface area contributed by atoms with Gasteiger partial charge in [0.15, 0.2) is 0 Å². The molecule has 1 aromatic carbocycles. The minimum absolute atomic E-state index is 0.272. The summed E-state index contributed by atoms with van der Waals surface area (Å²) in [5.74, 6) is 0.393. The van der Waals surface area contributed by atoms with Gasteiger partial charge in [0.2, 0.25) is 0 Å². The van der Waals surface area contributed by atoms with E-state index in [1.54, 1.807) is 0 Å². The van der Waals surface area contributed by atoms with Crippen molar-refractivity contribution in [2.75, 3.05) is 12.3 Å². The van der Waals surface area contributed by atoms with Crippen LogP contribution in [0.4, 0.5) is 5.69 Å². The van der Waals surface area contributed by atoms with Crippen LogP contribution in [0.15, 0.2) is 18.2 Å². The summed E-state index contributed by atoms with van der Waals surface area (Å²) in [5, 5.41) is 8.99. The van der Waals surface area contributed by atoms with Crippen LogP contribution < -0.4 is 5.73 Å². The lowest BCUT2D eigenvalue weighted by Crippen LogP contribution is -2.04. The van der Waals surface area contributed by atoms with E-state index < -0.39 is 0 Å². The molecule has 0 radical (unpaired) electrons. The molecule has 12 heavy (non-hydrogen) atoms. The van der Waals surface area contributed by atoms with E-state index in [1.165, 1.54) is 11.1 Å². The highest BCUT2D eigenvalue weighted by Gasteiger charge is 2.21. The zero-order valence-electron chi connectivity index (χ0n) is 6.96. The summed E-state index contributed by atoms with van der Waals surface area (Å²) in [6, 6.07) is 6.01. The largest absolute Gasteiger partial charge is 0.398 e. The molecule has 0 bridgehead atoms. The molecule has 1 aliphatic carbocycles. The molecule has 0 amide bonds. The maximum atomic E-state index is 8.99. The molecule has 1 atom stereocenters.